The standard InChI is InChI=1S/C53H35N5O/c1-32-20-24-35(25-21-32)51-54-52(36-26-22-33(2)23-27-36)56-53(55-51)58-46-18-10-7-15-39(46)42-29-28-41-38-14-6-9-17-45(38)57(48(41)49(42)58)37-30-43(34-12-4-3-5-13-34)50-44(31-37)40-16-8-11-19-47(40)59-50/h3-31H,1-2H3. The first kappa shape index (κ1) is 33.3. The summed E-state index contributed by atoms with van der Waals surface area (Å²) < 4.78 is 11.3. The van der Waals surface area contributed by atoms with Gasteiger partial charge in [0.1, 0.15) is 11.2 Å². The van der Waals surface area contributed by atoms with Gasteiger partial charge in [-0.25, -0.2) is 4.98 Å². The summed E-state index contributed by atoms with van der Waals surface area (Å²) >= 11 is 0. The Kier molecular flexibility index (Phi) is 7.26. The molecule has 0 saturated carbocycles. The van der Waals surface area contributed by atoms with Crippen molar-refractivity contribution < 1.29 is 4.42 Å². The van der Waals surface area contributed by atoms with Crippen LogP contribution in [0, 0.1) is 13.8 Å². The molecular weight excluding hydrogens is 723 g/mol. The largest absolute Gasteiger partial charge is 0.455 e. The van der Waals surface area contributed by atoms with Gasteiger partial charge in [0, 0.05) is 54.7 Å². The highest BCUT2D eigenvalue weighted by Gasteiger charge is 2.25. The lowest BCUT2D eigenvalue weighted by molar-refractivity contribution is 0.670. The van der Waals surface area contributed by atoms with Crippen LogP contribution in [0.1, 0.15) is 11.1 Å². The van der Waals surface area contributed by atoms with E-state index in [0.29, 0.717) is 17.6 Å². The highest BCUT2D eigenvalue weighted by atomic mass is 16.3. The molecule has 12 aromatic rings. The third-order valence-corrected chi connectivity index (χ3v) is 11.7. The molecule has 0 aliphatic heterocycles. The van der Waals surface area contributed by atoms with E-state index in [1.807, 2.05) is 6.07 Å². The number of hydrogen-bond donors (Lipinski definition) is 0. The first-order chi connectivity index (χ1) is 29.1. The second-order valence-electron chi connectivity index (χ2n) is 15.4. The Morgan fingerprint density at radius 1 is 0.407 bits per heavy atom. The monoisotopic (exact) mass is 757 g/mol. The van der Waals surface area contributed by atoms with Gasteiger partial charge in [-0.1, -0.05) is 157 Å². The van der Waals surface area contributed by atoms with Crippen LogP contribution in [-0.4, -0.2) is 24.1 Å². The topological polar surface area (TPSA) is 61.7 Å². The van der Waals surface area contributed by atoms with Crippen LogP contribution in [0.15, 0.2) is 180 Å². The number of benzene rings is 8. The Hall–Kier alpha value is -7.83. The van der Waals surface area contributed by atoms with Crippen LogP contribution < -0.4 is 0 Å². The van der Waals surface area contributed by atoms with Gasteiger partial charge in [-0.15, -0.1) is 0 Å². The van der Waals surface area contributed by atoms with Crippen molar-refractivity contribution in [1.29, 1.82) is 0 Å². The molecule has 6 nitrogen and oxygen atoms in total. The molecule has 0 fully saturated rings. The van der Waals surface area contributed by atoms with E-state index in [2.05, 4.69) is 193 Å². The van der Waals surface area contributed by atoms with Gasteiger partial charge in [-0.05, 0) is 49.7 Å². The third-order valence-electron chi connectivity index (χ3n) is 11.7. The number of furan rings is 1. The SMILES string of the molecule is Cc1ccc(-c2nc(-c3ccc(C)cc3)nc(-n3c4ccccc4c4ccc5c6ccccc6n(-c6cc(-c7ccccc7)c7oc8ccccc8c7c6)c5c43)n2)cc1. The number of nitrogens with zero attached hydrogens (tertiary/aromatic N) is 5. The minimum atomic E-state index is 0.558. The van der Waals surface area contributed by atoms with Crippen LogP contribution in [0.4, 0.5) is 0 Å². The van der Waals surface area contributed by atoms with Crippen LogP contribution in [-0.2, 0) is 0 Å². The van der Waals surface area contributed by atoms with Gasteiger partial charge in [0.25, 0.3) is 0 Å². The maximum atomic E-state index is 6.64. The molecule has 12 rings (SSSR count). The Morgan fingerprint density at radius 2 is 0.932 bits per heavy atom. The van der Waals surface area contributed by atoms with Crippen LogP contribution in [0.25, 0.3) is 111 Å². The molecule has 4 heterocycles. The summed E-state index contributed by atoms with van der Waals surface area (Å²) in [7, 11) is 0. The van der Waals surface area contributed by atoms with Gasteiger partial charge < -0.3 is 8.98 Å². The van der Waals surface area contributed by atoms with E-state index in [0.717, 1.165) is 93.5 Å². The number of aryl methyl sites for hydroxylation is 2. The van der Waals surface area contributed by atoms with E-state index in [4.69, 9.17) is 19.4 Å². The summed E-state index contributed by atoms with van der Waals surface area (Å²) in [6.45, 7) is 4.19. The lowest BCUT2D eigenvalue weighted by Gasteiger charge is -2.14. The average molecular weight is 758 g/mol. The lowest BCUT2D eigenvalue weighted by atomic mass is 10.0. The van der Waals surface area contributed by atoms with Crippen molar-refractivity contribution in [3.8, 4) is 45.5 Å². The molecule has 6 heteroatoms. The maximum Gasteiger partial charge on any atom is 0.238 e. The van der Waals surface area contributed by atoms with E-state index in [1.54, 1.807) is 0 Å². The van der Waals surface area contributed by atoms with Gasteiger partial charge in [0.15, 0.2) is 11.6 Å². The van der Waals surface area contributed by atoms with E-state index in [1.165, 1.54) is 11.1 Å². The molecule has 0 bridgehead atoms. The predicted octanol–water partition coefficient (Wildman–Crippen LogP) is 13.6. The molecule has 0 aliphatic carbocycles. The minimum Gasteiger partial charge on any atom is -0.455 e. The van der Waals surface area contributed by atoms with Crippen molar-refractivity contribution >= 4 is 65.6 Å². The summed E-state index contributed by atoms with van der Waals surface area (Å²) in [6.07, 6.45) is 0. The predicted molar refractivity (Wildman–Crippen MR) is 242 cm³/mol. The zero-order chi connectivity index (χ0) is 39.2. The van der Waals surface area contributed by atoms with E-state index < -0.39 is 0 Å². The van der Waals surface area contributed by atoms with Crippen molar-refractivity contribution in [2.45, 2.75) is 13.8 Å². The number of aromatic nitrogens is 5. The molecule has 0 spiro atoms. The fourth-order valence-corrected chi connectivity index (χ4v) is 8.88. The fourth-order valence-electron chi connectivity index (χ4n) is 8.88. The summed E-state index contributed by atoms with van der Waals surface area (Å²) in [5.41, 5.74) is 13.3. The zero-order valence-corrected chi connectivity index (χ0v) is 32.4. The second-order valence-corrected chi connectivity index (χ2v) is 15.4. The Labute approximate surface area is 339 Å². The van der Waals surface area contributed by atoms with Gasteiger partial charge in [0.2, 0.25) is 5.95 Å². The minimum absolute atomic E-state index is 0.558. The smallest absolute Gasteiger partial charge is 0.238 e. The van der Waals surface area contributed by atoms with Crippen LogP contribution in [0.2, 0.25) is 0 Å². The Balaban J connectivity index is 1.24. The number of hydrogen-bond acceptors (Lipinski definition) is 4. The van der Waals surface area contributed by atoms with Crippen molar-refractivity contribution in [2.75, 3.05) is 0 Å². The van der Waals surface area contributed by atoms with Crippen LogP contribution in [0.5, 0.6) is 0 Å². The van der Waals surface area contributed by atoms with E-state index in [-0.39, 0.29) is 0 Å². The molecule has 59 heavy (non-hydrogen) atoms. The van der Waals surface area contributed by atoms with Crippen LogP contribution >= 0.6 is 0 Å². The molecule has 0 amide bonds. The van der Waals surface area contributed by atoms with E-state index >= 15 is 0 Å². The fraction of sp³-hybridized carbons (Fsp3) is 0.0377. The van der Waals surface area contributed by atoms with Gasteiger partial charge in [-0.2, -0.15) is 9.97 Å². The molecule has 278 valence electrons. The first-order valence-electron chi connectivity index (χ1n) is 19.9. The molecule has 0 saturated heterocycles. The van der Waals surface area contributed by atoms with Gasteiger partial charge in [0.05, 0.1) is 22.1 Å². The number of para-hydroxylation sites is 3. The summed E-state index contributed by atoms with van der Waals surface area (Å²) in [5, 5.41) is 6.69. The second kappa shape index (κ2) is 12.8. The van der Waals surface area contributed by atoms with Gasteiger partial charge >= 0.3 is 0 Å². The highest BCUT2D eigenvalue weighted by molar-refractivity contribution is 6.24. The Morgan fingerprint density at radius 3 is 1.56 bits per heavy atom. The molecule has 0 atom stereocenters. The molecule has 0 radical (unpaired) electrons. The van der Waals surface area contributed by atoms with Crippen molar-refractivity contribution in [3.63, 3.8) is 0 Å². The van der Waals surface area contributed by atoms with E-state index in [9.17, 15) is 0 Å². The third kappa shape index (κ3) is 5.16. The summed E-state index contributed by atoms with van der Waals surface area (Å²) in [4.78, 5) is 15.7. The first-order valence-corrected chi connectivity index (χ1v) is 19.9. The summed E-state index contributed by atoms with van der Waals surface area (Å²) in [5.74, 6) is 1.80. The number of rotatable bonds is 5. The van der Waals surface area contributed by atoms with Crippen molar-refractivity contribution in [1.82, 2.24) is 24.1 Å². The van der Waals surface area contributed by atoms with Crippen molar-refractivity contribution in [2.24, 2.45) is 0 Å². The Bertz CT molecular complexity index is 3550. The van der Waals surface area contributed by atoms with Gasteiger partial charge in [-0.3, -0.25) is 4.57 Å². The molecule has 8 aromatic carbocycles. The molecule has 0 aliphatic rings. The summed E-state index contributed by atoms with van der Waals surface area (Å²) in [6, 6.07) is 62.1. The maximum absolute atomic E-state index is 6.64. The van der Waals surface area contributed by atoms with Crippen LogP contribution in [0.3, 0.4) is 0 Å². The van der Waals surface area contributed by atoms with Crippen molar-refractivity contribution in [3.05, 3.63) is 187 Å². The molecule has 0 unspecified atom stereocenters. The average Bonchev–Trinajstić information content (AvgIpc) is 3.95. The highest BCUT2D eigenvalue weighted by Crippen LogP contribution is 2.44. The normalized spacial score (nSPS) is 11.9. The molecular formula is C53H35N5O. The lowest BCUT2D eigenvalue weighted by Crippen LogP contribution is -2.07. The molecule has 0 N–H and O–H groups in total. The quantitative estimate of drug-likeness (QED) is 0.175. The molecule has 4 aromatic heterocycles. The number of fused-ring (bicyclic) bond motifs is 10. The zero-order valence-electron chi connectivity index (χ0n) is 32.4.